The molecule has 0 spiro atoms. The van der Waals surface area contributed by atoms with Gasteiger partial charge in [0, 0.05) is 0 Å². The predicted octanol–water partition coefficient (Wildman–Crippen LogP) is 4.22. The number of carbonyl (C=O) groups is 2. The SMILES string of the molecule is CC.CCCC(CC)C(O)C(=O)NCC(=O)NC(c1ccccc1)c1ccccc1. The average Bonchev–Trinajstić information content (AvgIpc) is 2.81. The highest BCUT2D eigenvalue weighted by Gasteiger charge is 2.24. The molecule has 5 nitrogen and oxygen atoms in total. The van der Waals surface area contributed by atoms with E-state index in [9.17, 15) is 14.7 Å². The predicted molar refractivity (Wildman–Crippen MR) is 122 cm³/mol. The Bertz CT molecular complexity index is 695. The zero-order valence-electron chi connectivity index (χ0n) is 18.6. The molecular weight excluding hydrogens is 376 g/mol. The first-order valence-electron chi connectivity index (χ1n) is 10.9. The van der Waals surface area contributed by atoms with E-state index in [1.54, 1.807) is 0 Å². The highest BCUT2D eigenvalue weighted by Crippen LogP contribution is 2.21. The van der Waals surface area contributed by atoms with E-state index in [0.717, 1.165) is 30.4 Å². The Morgan fingerprint density at radius 3 is 1.83 bits per heavy atom. The second-order valence-corrected chi connectivity index (χ2v) is 6.94. The molecule has 2 aromatic rings. The molecule has 2 unspecified atom stereocenters. The number of hydrogen-bond acceptors (Lipinski definition) is 3. The van der Waals surface area contributed by atoms with Gasteiger partial charge in [-0.1, -0.05) is 101 Å². The number of aliphatic hydroxyl groups excluding tert-OH is 1. The van der Waals surface area contributed by atoms with Gasteiger partial charge in [-0.15, -0.1) is 0 Å². The Balaban J connectivity index is 0.00000218. The van der Waals surface area contributed by atoms with E-state index in [2.05, 4.69) is 10.6 Å². The quantitative estimate of drug-likeness (QED) is 0.547. The van der Waals surface area contributed by atoms with Crippen LogP contribution in [0, 0.1) is 5.92 Å². The second kappa shape index (κ2) is 14.3. The lowest BCUT2D eigenvalue weighted by Gasteiger charge is -2.22. The maximum absolute atomic E-state index is 12.5. The van der Waals surface area contributed by atoms with Crippen molar-refractivity contribution in [2.24, 2.45) is 5.92 Å². The highest BCUT2D eigenvalue weighted by atomic mass is 16.3. The summed E-state index contributed by atoms with van der Waals surface area (Å²) in [6.07, 6.45) is 1.32. The molecule has 0 saturated carbocycles. The van der Waals surface area contributed by atoms with Gasteiger partial charge < -0.3 is 15.7 Å². The number of nitrogens with one attached hydrogen (secondary N) is 2. The third kappa shape index (κ3) is 7.99. The normalized spacial score (nSPS) is 12.3. The summed E-state index contributed by atoms with van der Waals surface area (Å²) in [7, 11) is 0. The summed E-state index contributed by atoms with van der Waals surface area (Å²) in [5, 5.41) is 15.8. The number of benzene rings is 2. The fourth-order valence-corrected chi connectivity index (χ4v) is 3.30. The van der Waals surface area contributed by atoms with E-state index in [4.69, 9.17) is 0 Å². The number of rotatable bonds is 10. The van der Waals surface area contributed by atoms with Crippen molar-refractivity contribution in [1.29, 1.82) is 0 Å². The lowest BCUT2D eigenvalue weighted by atomic mass is 9.94. The number of amides is 2. The van der Waals surface area contributed by atoms with Gasteiger partial charge in [0.05, 0.1) is 12.6 Å². The smallest absolute Gasteiger partial charge is 0.249 e. The first-order valence-corrected chi connectivity index (χ1v) is 10.9. The van der Waals surface area contributed by atoms with Crippen molar-refractivity contribution in [3.8, 4) is 0 Å². The minimum absolute atomic E-state index is 0.0885. The third-order valence-corrected chi connectivity index (χ3v) is 4.89. The van der Waals surface area contributed by atoms with Crippen molar-refractivity contribution in [1.82, 2.24) is 10.6 Å². The maximum Gasteiger partial charge on any atom is 0.249 e. The summed E-state index contributed by atoms with van der Waals surface area (Å²) >= 11 is 0. The molecule has 0 bridgehead atoms. The third-order valence-electron chi connectivity index (χ3n) is 4.89. The lowest BCUT2D eigenvalue weighted by molar-refractivity contribution is -0.134. The van der Waals surface area contributed by atoms with E-state index >= 15 is 0 Å². The van der Waals surface area contributed by atoms with Crippen LogP contribution in [0.3, 0.4) is 0 Å². The summed E-state index contributed by atoms with van der Waals surface area (Å²) in [6, 6.07) is 19.1. The Hall–Kier alpha value is -2.66. The van der Waals surface area contributed by atoms with Gasteiger partial charge in [0.2, 0.25) is 11.8 Å². The Morgan fingerprint density at radius 1 is 0.900 bits per heavy atom. The molecule has 164 valence electrons. The van der Waals surface area contributed by atoms with Crippen LogP contribution in [-0.4, -0.2) is 29.6 Å². The van der Waals surface area contributed by atoms with E-state index in [-0.39, 0.29) is 24.4 Å². The first-order chi connectivity index (χ1) is 14.6. The van der Waals surface area contributed by atoms with Crippen LogP contribution in [-0.2, 0) is 9.59 Å². The molecule has 0 saturated heterocycles. The highest BCUT2D eigenvalue weighted by molar-refractivity contribution is 5.87. The van der Waals surface area contributed by atoms with E-state index in [0.29, 0.717) is 0 Å². The fourth-order valence-electron chi connectivity index (χ4n) is 3.30. The van der Waals surface area contributed by atoms with Gasteiger partial charge in [-0.25, -0.2) is 0 Å². The van der Waals surface area contributed by atoms with Crippen LogP contribution in [0.25, 0.3) is 0 Å². The number of carbonyl (C=O) groups excluding carboxylic acids is 2. The van der Waals surface area contributed by atoms with Crippen molar-refractivity contribution in [2.45, 2.75) is 59.1 Å². The van der Waals surface area contributed by atoms with E-state index < -0.39 is 12.0 Å². The summed E-state index contributed by atoms with van der Waals surface area (Å²) in [4.78, 5) is 24.7. The first kappa shape index (κ1) is 25.4. The molecule has 0 radical (unpaired) electrons. The zero-order valence-corrected chi connectivity index (χ0v) is 18.6. The van der Waals surface area contributed by atoms with Crippen LogP contribution >= 0.6 is 0 Å². The van der Waals surface area contributed by atoms with Crippen LogP contribution in [0.4, 0.5) is 0 Å². The molecule has 2 atom stereocenters. The van der Waals surface area contributed by atoms with Crippen LogP contribution in [0.15, 0.2) is 60.7 Å². The van der Waals surface area contributed by atoms with Gasteiger partial charge in [-0.3, -0.25) is 9.59 Å². The zero-order chi connectivity index (χ0) is 22.4. The Labute approximate surface area is 180 Å². The van der Waals surface area contributed by atoms with Crippen molar-refractivity contribution in [2.75, 3.05) is 6.54 Å². The molecule has 2 amide bonds. The monoisotopic (exact) mass is 412 g/mol. The Morgan fingerprint density at radius 2 is 1.40 bits per heavy atom. The molecule has 0 fully saturated rings. The fraction of sp³-hybridized carbons (Fsp3) is 0.440. The van der Waals surface area contributed by atoms with Gasteiger partial charge in [0.1, 0.15) is 6.10 Å². The number of aliphatic hydroxyl groups is 1. The van der Waals surface area contributed by atoms with Crippen molar-refractivity contribution in [3.63, 3.8) is 0 Å². The van der Waals surface area contributed by atoms with Crippen molar-refractivity contribution < 1.29 is 14.7 Å². The lowest BCUT2D eigenvalue weighted by Crippen LogP contribution is -2.44. The molecule has 0 aliphatic heterocycles. The molecule has 3 N–H and O–H groups in total. The second-order valence-electron chi connectivity index (χ2n) is 6.94. The van der Waals surface area contributed by atoms with Gasteiger partial charge in [-0.05, 0) is 23.5 Å². The maximum atomic E-state index is 12.5. The van der Waals surface area contributed by atoms with Crippen LogP contribution in [0.2, 0.25) is 0 Å². The van der Waals surface area contributed by atoms with Gasteiger partial charge in [0.25, 0.3) is 0 Å². The average molecular weight is 413 g/mol. The Kier molecular flexibility index (Phi) is 12.1. The minimum atomic E-state index is -1.09. The minimum Gasteiger partial charge on any atom is -0.383 e. The topological polar surface area (TPSA) is 78.4 Å². The standard InChI is InChI=1S/C23H30N2O3.C2H6/c1-3-11-17(4-2)22(27)23(28)24-16-20(26)25-21(18-12-7-5-8-13-18)19-14-9-6-10-15-19;1-2/h5-10,12-15,17,21-22,27H,3-4,11,16H2,1-2H3,(H,24,28)(H,25,26);1-2H3. The number of hydrogen-bond donors (Lipinski definition) is 3. The van der Waals surface area contributed by atoms with Crippen LogP contribution in [0.1, 0.15) is 64.1 Å². The molecular formula is C25H36N2O3. The van der Waals surface area contributed by atoms with E-state index in [1.165, 1.54) is 0 Å². The summed E-state index contributed by atoms with van der Waals surface area (Å²) in [5.74, 6) is -0.886. The summed E-state index contributed by atoms with van der Waals surface area (Å²) < 4.78 is 0. The molecule has 2 rings (SSSR count). The van der Waals surface area contributed by atoms with Gasteiger partial charge in [-0.2, -0.15) is 0 Å². The summed E-state index contributed by atoms with van der Waals surface area (Å²) in [5.41, 5.74) is 1.92. The van der Waals surface area contributed by atoms with Gasteiger partial charge >= 0.3 is 0 Å². The molecule has 5 heteroatoms. The van der Waals surface area contributed by atoms with Crippen LogP contribution in [0.5, 0.6) is 0 Å². The van der Waals surface area contributed by atoms with Crippen LogP contribution < -0.4 is 10.6 Å². The van der Waals surface area contributed by atoms with Crippen molar-refractivity contribution >= 4 is 11.8 Å². The molecule has 0 aromatic heterocycles. The van der Waals surface area contributed by atoms with Crippen molar-refractivity contribution in [3.05, 3.63) is 71.8 Å². The molecule has 30 heavy (non-hydrogen) atoms. The molecule has 0 heterocycles. The molecule has 0 aliphatic rings. The van der Waals surface area contributed by atoms with Gasteiger partial charge in [0.15, 0.2) is 0 Å². The molecule has 0 aliphatic carbocycles. The molecule has 2 aromatic carbocycles. The van der Waals surface area contributed by atoms with E-state index in [1.807, 2.05) is 88.4 Å². The largest absolute Gasteiger partial charge is 0.383 e. The summed E-state index contributed by atoms with van der Waals surface area (Å²) in [6.45, 7) is 7.80.